The first kappa shape index (κ1) is 10.6. The van der Waals surface area contributed by atoms with Gasteiger partial charge in [-0.15, -0.1) is 0 Å². The normalized spacial score (nSPS) is 22.8. The molecule has 0 aliphatic carbocycles. The second kappa shape index (κ2) is 4.04. The minimum atomic E-state index is -0.263. The van der Waals surface area contributed by atoms with Crippen LogP contribution in [0.15, 0.2) is 18.2 Å². The maximum absolute atomic E-state index is 12.3. The van der Waals surface area contributed by atoms with Gasteiger partial charge in [0.05, 0.1) is 11.4 Å². The molecule has 2 heterocycles. The molecule has 1 unspecified atom stereocenters. The minimum absolute atomic E-state index is 0.0687. The highest BCUT2D eigenvalue weighted by molar-refractivity contribution is 6.01. The van der Waals surface area contributed by atoms with Crippen LogP contribution in [0.1, 0.15) is 18.4 Å². The van der Waals surface area contributed by atoms with E-state index in [0.717, 1.165) is 37.1 Å². The van der Waals surface area contributed by atoms with Crippen molar-refractivity contribution >= 4 is 17.3 Å². The van der Waals surface area contributed by atoms with Crippen molar-refractivity contribution in [3.05, 3.63) is 23.8 Å². The molecule has 0 spiro atoms. The number of para-hydroxylation sites is 1. The van der Waals surface area contributed by atoms with Gasteiger partial charge in [-0.3, -0.25) is 4.79 Å². The molecule has 1 atom stereocenters. The van der Waals surface area contributed by atoms with E-state index in [1.807, 2.05) is 18.2 Å². The summed E-state index contributed by atoms with van der Waals surface area (Å²) in [5.41, 5.74) is 8.71. The molecule has 2 aliphatic heterocycles. The Morgan fingerprint density at radius 2 is 2.35 bits per heavy atom. The lowest BCUT2D eigenvalue weighted by molar-refractivity contribution is -0.127. The molecule has 1 amide bonds. The number of hydrogen-bond acceptors (Lipinski definition) is 3. The topological polar surface area (TPSA) is 55.6 Å². The summed E-state index contributed by atoms with van der Waals surface area (Å²) in [6, 6.07) is 5.82. The molecule has 0 bridgehead atoms. The molecule has 1 aromatic carbocycles. The van der Waals surface area contributed by atoms with Gasteiger partial charge in [-0.1, -0.05) is 12.1 Å². The third kappa shape index (κ3) is 1.69. The number of nitrogen functional groups attached to an aromatic ring is 1. The lowest BCUT2D eigenvalue weighted by Gasteiger charge is -2.21. The van der Waals surface area contributed by atoms with E-state index in [9.17, 15) is 4.79 Å². The van der Waals surface area contributed by atoms with Gasteiger partial charge in [0.15, 0.2) is 0 Å². The zero-order valence-corrected chi connectivity index (χ0v) is 9.69. The molecular formula is C13H16N2O2. The maximum atomic E-state index is 12.3. The van der Waals surface area contributed by atoms with Crippen LogP contribution < -0.4 is 10.6 Å². The van der Waals surface area contributed by atoms with Crippen molar-refractivity contribution in [2.45, 2.75) is 25.4 Å². The van der Waals surface area contributed by atoms with Crippen molar-refractivity contribution in [3.63, 3.8) is 0 Å². The first-order valence-corrected chi connectivity index (χ1v) is 6.08. The lowest BCUT2D eigenvalue weighted by Crippen LogP contribution is -2.38. The first-order chi connectivity index (χ1) is 8.27. The summed E-state index contributed by atoms with van der Waals surface area (Å²) < 4.78 is 5.45. The number of nitrogens with zero attached hydrogens (tertiary/aromatic N) is 1. The highest BCUT2D eigenvalue weighted by Crippen LogP contribution is 2.34. The Kier molecular flexibility index (Phi) is 2.52. The SMILES string of the molecule is Nc1cccc2c1N(C(=O)C1CCCO1)CC2. The second-order valence-corrected chi connectivity index (χ2v) is 4.60. The number of carbonyl (C=O) groups is 1. The Morgan fingerprint density at radius 3 is 3.12 bits per heavy atom. The average molecular weight is 232 g/mol. The Hall–Kier alpha value is -1.55. The number of anilines is 2. The molecule has 2 N–H and O–H groups in total. The number of carbonyl (C=O) groups excluding carboxylic acids is 1. The van der Waals surface area contributed by atoms with E-state index in [0.29, 0.717) is 12.3 Å². The van der Waals surface area contributed by atoms with Gasteiger partial charge in [-0.05, 0) is 30.9 Å². The number of nitrogens with two attached hydrogens (primary N) is 1. The summed E-state index contributed by atoms with van der Waals surface area (Å²) >= 11 is 0. The highest BCUT2D eigenvalue weighted by atomic mass is 16.5. The standard InChI is InChI=1S/C13H16N2O2/c14-10-4-1-3-9-6-7-15(12(9)10)13(16)11-5-2-8-17-11/h1,3-4,11H,2,5-8,14H2. The number of benzene rings is 1. The van der Waals surface area contributed by atoms with Crippen LogP contribution in [0, 0.1) is 0 Å². The van der Waals surface area contributed by atoms with Crippen molar-refractivity contribution in [2.24, 2.45) is 0 Å². The minimum Gasteiger partial charge on any atom is -0.397 e. The van der Waals surface area contributed by atoms with Crippen molar-refractivity contribution < 1.29 is 9.53 Å². The Morgan fingerprint density at radius 1 is 1.47 bits per heavy atom. The molecular weight excluding hydrogens is 216 g/mol. The van der Waals surface area contributed by atoms with Gasteiger partial charge in [0, 0.05) is 13.2 Å². The average Bonchev–Trinajstić information content (AvgIpc) is 2.98. The molecule has 1 fully saturated rings. The number of fused-ring (bicyclic) bond motifs is 1. The second-order valence-electron chi connectivity index (χ2n) is 4.60. The third-order valence-electron chi connectivity index (χ3n) is 3.50. The van der Waals surface area contributed by atoms with Crippen LogP contribution in [-0.2, 0) is 16.0 Å². The van der Waals surface area contributed by atoms with Crippen LogP contribution in [0.3, 0.4) is 0 Å². The van der Waals surface area contributed by atoms with Gasteiger partial charge in [-0.2, -0.15) is 0 Å². The predicted octanol–water partition coefficient (Wildman–Crippen LogP) is 1.34. The van der Waals surface area contributed by atoms with E-state index >= 15 is 0 Å². The van der Waals surface area contributed by atoms with Gasteiger partial charge in [0.25, 0.3) is 5.91 Å². The van der Waals surface area contributed by atoms with Gasteiger partial charge < -0.3 is 15.4 Å². The molecule has 2 aliphatic rings. The van der Waals surface area contributed by atoms with Gasteiger partial charge in [-0.25, -0.2) is 0 Å². The third-order valence-corrected chi connectivity index (χ3v) is 3.50. The zero-order chi connectivity index (χ0) is 11.8. The zero-order valence-electron chi connectivity index (χ0n) is 9.69. The molecule has 0 aromatic heterocycles. The van der Waals surface area contributed by atoms with E-state index < -0.39 is 0 Å². The van der Waals surface area contributed by atoms with Crippen LogP contribution in [0.2, 0.25) is 0 Å². The van der Waals surface area contributed by atoms with Gasteiger partial charge in [0.2, 0.25) is 0 Å². The molecule has 0 saturated carbocycles. The Labute approximate surface area is 100 Å². The fourth-order valence-corrected chi connectivity index (χ4v) is 2.65. The van der Waals surface area contributed by atoms with E-state index in [4.69, 9.17) is 10.5 Å². The monoisotopic (exact) mass is 232 g/mol. The maximum Gasteiger partial charge on any atom is 0.256 e. The van der Waals surface area contributed by atoms with Crippen LogP contribution in [0.5, 0.6) is 0 Å². The van der Waals surface area contributed by atoms with Gasteiger partial charge >= 0.3 is 0 Å². The lowest BCUT2D eigenvalue weighted by atomic mass is 10.1. The fraction of sp³-hybridized carbons (Fsp3) is 0.462. The van der Waals surface area contributed by atoms with E-state index in [2.05, 4.69) is 0 Å². The van der Waals surface area contributed by atoms with Crippen LogP contribution in [0.25, 0.3) is 0 Å². The Bertz CT molecular complexity index is 453. The number of rotatable bonds is 1. The summed E-state index contributed by atoms with van der Waals surface area (Å²) in [4.78, 5) is 14.1. The van der Waals surface area contributed by atoms with Crippen LogP contribution in [-0.4, -0.2) is 25.2 Å². The molecule has 1 saturated heterocycles. The highest BCUT2D eigenvalue weighted by Gasteiger charge is 2.33. The molecule has 0 radical (unpaired) electrons. The molecule has 1 aromatic rings. The van der Waals surface area contributed by atoms with E-state index in [1.165, 1.54) is 0 Å². The molecule has 4 heteroatoms. The number of amides is 1. The summed E-state index contributed by atoms with van der Waals surface area (Å²) in [6.07, 6.45) is 2.43. The number of ether oxygens (including phenoxy) is 1. The summed E-state index contributed by atoms with van der Waals surface area (Å²) in [7, 11) is 0. The predicted molar refractivity (Wildman–Crippen MR) is 65.9 cm³/mol. The van der Waals surface area contributed by atoms with Crippen LogP contribution in [0.4, 0.5) is 11.4 Å². The molecule has 90 valence electrons. The summed E-state index contributed by atoms with van der Waals surface area (Å²) in [6.45, 7) is 1.42. The first-order valence-electron chi connectivity index (χ1n) is 6.08. The largest absolute Gasteiger partial charge is 0.397 e. The van der Waals surface area contributed by atoms with Crippen molar-refractivity contribution in [3.8, 4) is 0 Å². The molecule has 17 heavy (non-hydrogen) atoms. The van der Waals surface area contributed by atoms with Crippen molar-refractivity contribution in [1.29, 1.82) is 0 Å². The van der Waals surface area contributed by atoms with E-state index in [-0.39, 0.29) is 12.0 Å². The molecule has 3 rings (SSSR count). The van der Waals surface area contributed by atoms with E-state index in [1.54, 1.807) is 4.90 Å². The smallest absolute Gasteiger partial charge is 0.256 e. The van der Waals surface area contributed by atoms with Crippen molar-refractivity contribution in [1.82, 2.24) is 0 Å². The Balaban J connectivity index is 1.90. The quantitative estimate of drug-likeness (QED) is 0.743. The number of hydrogen-bond donors (Lipinski definition) is 1. The van der Waals surface area contributed by atoms with Gasteiger partial charge in [0.1, 0.15) is 6.10 Å². The molecule has 4 nitrogen and oxygen atoms in total. The van der Waals surface area contributed by atoms with Crippen molar-refractivity contribution in [2.75, 3.05) is 23.8 Å². The van der Waals surface area contributed by atoms with Crippen LogP contribution >= 0.6 is 0 Å². The summed E-state index contributed by atoms with van der Waals surface area (Å²) in [5, 5.41) is 0. The summed E-state index contributed by atoms with van der Waals surface area (Å²) in [5.74, 6) is 0.0687. The fourth-order valence-electron chi connectivity index (χ4n) is 2.65.